The van der Waals surface area contributed by atoms with Crippen LogP contribution in [0.25, 0.3) is 0 Å². The van der Waals surface area contributed by atoms with Crippen LogP contribution in [0.1, 0.15) is 49.7 Å². The number of fused-ring (bicyclic) bond motifs is 1. The molecule has 0 aromatic heterocycles. The fourth-order valence-electron chi connectivity index (χ4n) is 5.20. The second kappa shape index (κ2) is 10.5. The second-order valence-electron chi connectivity index (χ2n) is 9.35. The second-order valence-corrected chi connectivity index (χ2v) is 11.9. The van der Waals surface area contributed by atoms with Crippen LogP contribution in [-0.2, 0) is 17.4 Å². The lowest BCUT2D eigenvalue weighted by atomic mass is 9.84. The summed E-state index contributed by atoms with van der Waals surface area (Å²) in [6.45, 7) is 1.37. The number of alkyl halides is 1. The van der Waals surface area contributed by atoms with Crippen LogP contribution in [0.2, 0.25) is 0 Å². The molecule has 1 unspecified atom stereocenters. The van der Waals surface area contributed by atoms with E-state index in [4.69, 9.17) is 0 Å². The van der Waals surface area contributed by atoms with Crippen LogP contribution in [0, 0.1) is 17.8 Å². The highest BCUT2D eigenvalue weighted by atomic mass is 31.2. The van der Waals surface area contributed by atoms with Crippen molar-refractivity contribution in [1.29, 1.82) is 0 Å². The van der Waals surface area contributed by atoms with E-state index in [1.54, 1.807) is 0 Å². The Labute approximate surface area is 179 Å². The number of rotatable bonds is 10. The average molecular weight is 439 g/mol. The first kappa shape index (κ1) is 23.7. The van der Waals surface area contributed by atoms with E-state index in [1.807, 2.05) is 24.3 Å². The number of aliphatic hydroxyl groups is 2. The van der Waals surface area contributed by atoms with Gasteiger partial charge in [0.1, 0.15) is 6.17 Å². The van der Waals surface area contributed by atoms with Gasteiger partial charge in [0.05, 0.1) is 12.2 Å². The Morgan fingerprint density at radius 2 is 1.87 bits per heavy atom. The first-order valence-electron chi connectivity index (χ1n) is 11.3. The minimum atomic E-state index is -2.96. The molecule has 0 radical (unpaired) electrons. The Hall–Kier alpha value is -1.00. The molecule has 0 amide bonds. The van der Waals surface area contributed by atoms with Crippen LogP contribution < -0.4 is 0 Å². The maximum Gasteiger partial charge on any atom is 0.197 e. The zero-order chi connectivity index (χ0) is 21.7. The van der Waals surface area contributed by atoms with Gasteiger partial charge in [-0.05, 0) is 73.8 Å². The van der Waals surface area contributed by atoms with Gasteiger partial charge in [-0.2, -0.15) is 0 Å². The van der Waals surface area contributed by atoms with E-state index in [0.717, 1.165) is 12.8 Å². The highest BCUT2D eigenvalue weighted by molar-refractivity contribution is 7.57. The predicted molar refractivity (Wildman–Crippen MR) is 119 cm³/mol. The predicted octanol–water partition coefficient (Wildman–Crippen LogP) is 4.50. The lowest BCUT2D eigenvalue weighted by Crippen LogP contribution is -2.25. The smallest absolute Gasteiger partial charge is 0.197 e. The summed E-state index contributed by atoms with van der Waals surface area (Å²) in [6, 6.07) is 8.30. The van der Waals surface area contributed by atoms with Gasteiger partial charge in [-0.1, -0.05) is 36.4 Å². The van der Waals surface area contributed by atoms with Crippen molar-refractivity contribution in [1.82, 2.24) is 0 Å². The summed E-state index contributed by atoms with van der Waals surface area (Å²) in [7, 11) is -2.96. The van der Waals surface area contributed by atoms with Crippen LogP contribution in [0.4, 0.5) is 4.39 Å². The standard InChI is InChI=1S/C24H36FO4P/c1-30(28,29)13-7-3-2-4-10-21-20(22(25)16-24(21)27)11-12-23(26)19-14-17-8-5-6-9-18(17)15-19/h2,4-6,8-9,19-24,26-27H,3,7,10-16H2,1H3,(H,28,29)/b4-2-/t20-,21-,22+,23+,24+/m1/s1. The van der Waals surface area contributed by atoms with Gasteiger partial charge in [-0.25, -0.2) is 4.39 Å². The molecule has 0 aliphatic heterocycles. The number of aliphatic hydroxyl groups excluding tert-OH is 2. The monoisotopic (exact) mass is 438 g/mol. The Kier molecular flexibility index (Phi) is 8.31. The van der Waals surface area contributed by atoms with Gasteiger partial charge in [0.25, 0.3) is 0 Å². The highest BCUT2D eigenvalue weighted by Crippen LogP contribution is 2.41. The van der Waals surface area contributed by atoms with Gasteiger partial charge in [0, 0.05) is 19.2 Å². The van der Waals surface area contributed by atoms with Gasteiger partial charge in [-0.3, -0.25) is 4.57 Å². The van der Waals surface area contributed by atoms with Gasteiger partial charge >= 0.3 is 0 Å². The van der Waals surface area contributed by atoms with Crippen molar-refractivity contribution in [2.75, 3.05) is 12.8 Å². The zero-order valence-electron chi connectivity index (χ0n) is 17.9. The summed E-state index contributed by atoms with van der Waals surface area (Å²) in [5.74, 6) is -0.151. The van der Waals surface area contributed by atoms with Crippen LogP contribution in [0.3, 0.4) is 0 Å². The molecule has 0 bridgehead atoms. The topological polar surface area (TPSA) is 77.8 Å². The maximum atomic E-state index is 14.6. The van der Waals surface area contributed by atoms with E-state index < -0.39 is 25.7 Å². The first-order chi connectivity index (χ1) is 14.2. The van der Waals surface area contributed by atoms with Crippen molar-refractivity contribution < 1.29 is 24.1 Å². The molecule has 6 heteroatoms. The quantitative estimate of drug-likeness (QED) is 0.285. The first-order valence-corrected chi connectivity index (χ1v) is 13.5. The lowest BCUT2D eigenvalue weighted by Gasteiger charge is -2.24. The van der Waals surface area contributed by atoms with E-state index in [2.05, 4.69) is 12.1 Å². The summed E-state index contributed by atoms with van der Waals surface area (Å²) in [6.07, 6.45) is 7.22. The van der Waals surface area contributed by atoms with Gasteiger partial charge in [-0.15, -0.1) is 0 Å². The van der Waals surface area contributed by atoms with Crippen molar-refractivity contribution >= 4 is 7.37 Å². The van der Waals surface area contributed by atoms with Crippen molar-refractivity contribution in [3.05, 3.63) is 47.5 Å². The molecule has 3 rings (SSSR count). The summed E-state index contributed by atoms with van der Waals surface area (Å²) in [4.78, 5) is 9.32. The Morgan fingerprint density at radius 3 is 2.50 bits per heavy atom. The molecule has 0 spiro atoms. The third-order valence-electron chi connectivity index (χ3n) is 6.92. The van der Waals surface area contributed by atoms with E-state index in [0.29, 0.717) is 38.3 Å². The van der Waals surface area contributed by atoms with E-state index in [-0.39, 0.29) is 24.2 Å². The minimum Gasteiger partial charge on any atom is -0.393 e. The molecule has 4 nitrogen and oxygen atoms in total. The highest BCUT2D eigenvalue weighted by Gasteiger charge is 2.42. The van der Waals surface area contributed by atoms with Gasteiger partial charge in [0.15, 0.2) is 7.37 Å². The SMILES string of the molecule is CP(=O)(O)CCC/C=C\C[C@@H]1[C@@H](CC[C@H](O)C2Cc3ccccc3C2)[C@@H](F)C[C@@H]1O. The molecule has 6 atom stereocenters. The third-order valence-corrected chi connectivity index (χ3v) is 8.06. The molecule has 1 aromatic carbocycles. The molecule has 168 valence electrons. The Bertz CT molecular complexity index is 736. The van der Waals surface area contributed by atoms with E-state index in [9.17, 15) is 24.1 Å². The molecule has 30 heavy (non-hydrogen) atoms. The van der Waals surface area contributed by atoms with Crippen molar-refractivity contribution in [2.45, 2.75) is 69.7 Å². The lowest BCUT2D eigenvalue weighted by molar-refractivity contribution is 0.0786. The van der Waals surface area contributed by atoms with Crippen LogP contribution >= 0.6 is 7.37 Å². The molecule has 1 saturated carbocycles. The molecular formula is C24H36FO4P. The molecule has 0 saturated heterocycles. The molecule has 2 aliphatic carbocycles. The van der Waals surface area contributed by atoms with Gasteiger partial charge in [0.2, 0.25) is 0 Å². The fourth-order valence-corrected chi connectivity index (χ4v) is 5.97. The van der Waals surface area contributed by atoms with Crippen LogP contribution in [0.5, 0.6) is 0 Å². The van der Waals surface area contributed by atoms with E-state index in [1.165, 1.54) is 17.8 Å². The summed E-state index contributed by atoms with van der Waals surface area (Å²) in [5, 5.41) is 21.0. The maximum absolute atomic E-state index is 14.6. The van der Waals surface area contributed by atoms with Crippen molar-refractivity contribution in [3.63, 3.8) is 0 Å². The third kappa shape index (κ3) is 6.50. The number of halogens is 1. The Balaban J connectivity index is 1.46. The summed E-state index contributed by atoms with van der Waals surface area (Å²) < 4.78 is 25.9. The largest absolute Gasteiger partial charge is 0.393 e. The normalized spacial score (nSPS) is 29.9. The van der Waals surface area contributed by atoms with Crippen LogP contribution in [0.15, 0.2) is 36.4 Å². The molecule has 1 fully saturated rings. The molecule has 3 N–H and O–H groups in total. The molecule has 2 aliphatic rings. The van der Waals surface area contributed by atoms with E-state index >= 15 is 0 Å². The number of hydrogen-bond acceptors (Lipinski definition) is 3. The fraction of sp³-hybridized carbons (Fsp3) is 0.667. The van der Waals surface area contributed by atoms with Crippen molar-refractivity contribution in [2.24, 2.45) is 17.8 Å². The molecule has 0 heterocycles. The molecular weight excluding hydrogens is 402 g/mol. The molecule has 1 aromatic rings. The average Bonchev–Trinajstić information content (AvgIpc) is 3.22. The summed E-state index contributed by atoms with van der Waals surface area (Å²) in [5.41, 5.74) is 2.62. The number of allylic oxidation sites excluding steroid dienone is 2. The summed E-state index contributed by atoms with van der Waals surface area (Å²) >= 11 is 0. The van der Waals surface area contributed by atoms with Crippen molar-refractivity contribution in [3.8, 4) is 0 Å². The zero-order valence-corrected chi connectivity index (χ0v) is 18.8. The number of benzene rings is 1. The van der Waals surface area contributed by atoms with Crippen LogP contribution in [-0.4, -0.2) is 46.3 Å². The Morgan fingerprint density at radius 1 is 1.20 bits per heavy atom. The number of hydrogen-bond donors (Lipinski definition) is 3. The minimum absolute atomic E-state index is 0.126. The van der Waals surface area contributed by atoms with Gasteiger partial charge < -0.3 is 15.1 Å². The number of unbranched alkanes of at least 4 members (excludes halogenated alkanes) is 1.